The minimum absolute atomic E-state index is 0.00244. The van der Waals surface area contributed by atoms with E-state index in [0.717, 1.165) is 36.0 Å². The Morgan fingerprint density at radius 2 is 1.69 bits per heavy atom. The Bertz CT molecular complexity index is 1600. The van der Waals surface area contributed by atoms with Crippen LogP contribution in [0.2, 0.25) is 0 Å². The van der Waals surface area contributed by atoms with Crippen LogP contribution in [0, 0.1) is 11.8 Å². The van der Waals surface area contributed by atoms with E-state index in [1.807, 2.05) is 36.4 Å². The van der Waals surface area contributed by atoms with E-state index in [4.69, 9.17) is 23.7 Å². The van der Waals surface area contributed by atoms with Crippen molar-refractivity contribution in [2.24, 2.45) is 11.8 Å². The topological polar surface area (TPSA) is 142 Å². The van der Waals surface area contributed by atoms with Crippen LogP contribution in [0.3, 0.4) is 0 Å². The Morgan fingerprint density at radius 1 is 0.959 bits per heavy atom. The summed E-state index contributed by atoms with van der Waals surface area (Å²) in [6, 6.07) is 21.9. The summed E-state index contributed by atoms with van der Waals surface area (Å²) in [5.74, 6) is 0.952. The van der Waals surface area contributed by atoms with Gasteiger partial charge in [0.05, 0.1) is 37.8 Å². The van der Waals surface area contributed by atoms with E-state index in [9.17, 15) is 18.3 Å². The van der Waals surface area contributed by atoms with E-state index in [-0.39, 0.29) is 31.3 Å². The van der Waals surface area contributed by atoms with Gasteiger partial charge in [-0.15, -0.1) is 0 Å². The van der Waals surface area contributed by atoms with Crippen LogP contribution in [0.15, 0.2) is 72.8 Å². The molecule has 2 saturated heterocycles. The van der Waals surface area contributed by atoms with Gasteiger partial charge in [0.25, 0.3) is 0 Å². The summed E-state index contributed by atoms with van der Waals surface area (Å²) < 4.78 is 57.9. The number of nitrogens with one attached hydrogen (secondary N) is 2. The lowest BCUT2D eigenvalue weighted by atomic mass is 9.93. The third-order valence-electron chi connectivity index (χ3n) is 9.27. The average molecular weight is 697 g/mol. The van der Waals surface area contributed by atoms with Gasteiger partial charge in [0.15, 0.2) is 6.29 Å². The van der Waals surface area contributed by atoms with E-state index in [2.05, 4.69) is 23.9 Å². The van der Waals surface area contributed by atoms with Crippen LogP contribution in [0.1, 0.15) is 49.8 Å². The second-order valence-electron chi connectivity index (χ2n) is 12.7. The minimum Gasteiger partial charge on any atom is -0.497 e. The fraction of sp³-hybridized carbons (Fsp3) is 0.486. The molecule has 2 aliphatic rings. The molecule has 5 rings (SSSR count). The maximum absolute atomic E-state index is 13.5. The number of fused-ring (bicyclic) bond motifs is 1. The molecule has 0 aliphatic carbocycles. The zero-order chi connectivity index (χ0) is 34.8. The van der Waals surface area contributed by atoms with Gasteiger partial charge in [-0.25, -0.2) is 13.2 Å². The van der Waals surface area contributed by atoms with Crippen molar-refractivity contribution < 1.29 is 42.0 Å². The number of methoxy groups -OCH3 is 1. The maximum Gasteiger partial charge on any atom is 0.407 e. The molecule has 3 N–H and O–H groups in total. The smallest absolute Gasteiger partial charge is 0.407 e. The third-order valence-corrected chi connectivity index (χ3v) is 10.6. The molecular weight excluding hydrogens is 648 g/mol. The van der Waals surface area contributed by atoms with Crippen LogP contribution in [-0.2, 0) is 43.7 Å². The number of benzene rings is 3. The van der Waals surface area contributed by atoms with Crippen molar-refractivity contribution in [2.45, 2.75) is 77.1 Å². The molecule has 5 atom stereocenters. The van der Waals surface area contributed by atoms with Crippen molar-refractivity contribution in [3.8, 4) is 11.5 Å². The standard InChI is InChI=1S/C37H48N2O9S/c1-4-25(5-2)19-28-21-30(44-3)15-16-32(28)39-49(42,43)24-34(40)35(48-37(41)38-33-23-47-36-31(33)17-18-45-36)20-26-11-13-29(14-12-26)46-22-27-9-7-6-8-10-27/h6-16,21,25,31,33-36,39-40H,4-5,17-20,22-24H2,1-3H3,(H,38,41)/t31?,33?,34-,35-,36?/m0/s1. The third kappa shape index (κ3) is 10.3. The second kappa shape index (κ2) is 17.2. The zero-order valence-electron chi connectivity index (χ0n) is 28.4. The Hall–Kier alpha value is -3.84. The number of amides is 1. The number of rotatable bonds is 17. The summed E-state index contributed by atoms with van der Waals surface area (Å²) in [4.78, 5) is 13.2. The molecule has 3 aromatic carbocycles. The van der Waals surface area contributed by atoms with Crippen LogP contribution < -0.4 is 19.5 Å². The van der Waals surface area contributed by atoms with Gasteiger partial charge in [-0.05, 0) is 65.8 Å². The minimum atomic E-state index is -4.08. The number of carbonyl (C=O) groups is 1. The van der Waals surface area contributed by atoms with Crippen LogP contribution in [0.25, 0.3) is 0 Å². The van der Waals surface area contributed by atoms with Gasteiger partial charge >= 0.3 is 6.09 Å². The van der Waals surface area contributed by atoms with Crippen LogP contribution in [0.4, 0.5) is 10.5 Å². The van der Waals surface area contributed by atoms with E-state index < -0.39 is 34.1 Å². The highest BCUT2D eigenvalue weighted by Crippen LogP contribution is 2.31. The van der Waals surface area contributed by atoms with Crippen molar-refractivity contribution in [2.75, 3.05) is 30.8 Å². The molecule has 49 heavy (non-hydrogen) atoms. The summed E-state index contributed by atoms with van der Waals surface area (Å²) in [5, 5.41) is 14.2. The first-order valence-corrected chi connectivity index (χ1v) is 18.6. The van der Waals surface area contributed by atoms with Crippen molar-refractivity contribution in [3.05, 3.63) is 89.5 Å². The highest BCUT2D eigenvalue weighted by Gasteiger charge is 2.43. The summed E-state index contributed by atoms with van der Waals surface area (Å²) in [5.41, 5.74) is 2.99. The molecule has 266 valence electrons. The number of carbonyl (C=O) groups excluding carboxylic acids is 1. The molecule has 0 aromatic heterocycles. The number of hydrogen-bond acceptors (Lipinski definition) is 9. The Labute approximate surface area is 289 Å². The van der Waals surface area contributed by atoms with E-state index in [0.29, 0.717) is 42.7 Å². The molecule has 0 radical (unpaired) electrons. The monoisotopic (exact) mass is 696 g/mol. The van der Waals surface area contributed by atoms with Crippen molar-refractivity contribution in [1.82, 2.24) is 5.32 Å². The van der Waals surface area contributed by atoms with Crippen molar-refractivity contribution in [3.63, 3.8) is 0 Å². The van der Waals surface area contributed by atoms with Crippen molar-refractivity contribution in [1.29, 1.82) is 0 Å². The molecule has 0 spiro atoms. The molecule has 2 aliphatic heterocycles. The predicted molar refractivity (Wildman–Crippen MR) is 186 cm³/mol. The molecule has 0 saturated carbocycles. The Kier molecular flexibility index (Phi) is 12.8. The Morgan fingerprint density at radius 3 is 2.41 bits per heavy atom. The molecule has 1 amide bonds. The van der Waals surface area contributed by atoms with Gasteiger partial charge in [0.2, 0.25) is 10.0 Å². The number of hydrogen-bond donors (Lipinski definition) is 3. The van der Waals surface area contributed by atoms with E-state index >= 15 is 0 Å². The lowest BCUT2D eigenvalue weighted by Gasteiger charge is -2.25. The summed E-state index contributed by atoms with van der Waals surface area (Å²) >= 11 is 0. The highest BCUT2D eigenvalue weighted by molar-refractivity contribution is 7.92. The quantitative estimate of drug-likeness (QED) is 0.168. The molecule has 3 aromatic rings. The highest BCUT2D eigenvalue weighted by atomic mass is 32.2. The van der Waals surface area contributed by atoms with Gasteiger partial charge in [-0.3, -0.25) is 4.72 Å². The number of aliphatic hydroxyl groups excluding tert-OH is 1. The lowest BCUT2D eigenvalue weighted by molar-refractivity contribution is -0.0905. The molecule has 2 heterocycles. The first kappa shape index (κ1) is 36.4. The molecule has 0 bridgehead atoms. The molecule has 12 heteroatoms. The summed E-state index contributed by atoms with van der Waals surface area (Å²) in [7, 11) is -2.51. The second-order valence-corrected chi connectivity index (χ2v) is 14.5. The summed E-state index contributed by atoms with van der Waals surface area (Å²) in [6.07, 6.45) is -0.469. The fourth-order valence-electron chi connectivity index (χ4n) is 6.28. The van der Waals surface area contributed by atoms with Gasteiger partial charge in [0.1, 0.15) is 30.3 Å². The fourth-order valence-corrected chi connectivity index (χ4v) is 7.56. The lowest BCUT2D eigenvalue weighted by Crippen LogP contribution is -2.45. The molecule has 2 fully saturated rings. The van der Waals surface area contributed by atoms with E-state index in [1.165, 1.54) is 0 Å². The van der Waals surface area contributed by atoms with Gasteiger partial charge < -0.3 is 34.1 Å². The number of anilines is 1. The molecule has 3 unspecified atom stereocenters. The van der Waals surface area contributed by atoms with Crippen LogP contribution in [-0.4, -0.2) is 70.2 Å². The average Bonchev–Trinajstić information content (AvgIpc) is 3.72. The molecular formula is C37H48N2O9S. The molecule has 11 nitrogen and oxygen atoms in total. The van der Waals surface area contributed by atoms with Gasteiger partial charge in [0, 0.05) is 12.3 Å². The largest absolute Gasteiger partial charge is 0.497 e. The van der Waals surface area contributed by atoms with Crippen LogP contribution in [0.5, 0.6) is 11.5 Å². The number of sulfonamides is 1. The number of ether oxygens (including phenoxy) is 5. The Balaban J connectivity index is 1.28. The van der Waals surface area contributed by atoms with Crippen molar-refractivity contribution >= 4 is 21.8 Å². The predicted octanol–water partition coefficient (Wildman–Crippen LogP) is 5.45. The normalized spacial score (nSPS) is 20.0. The van der Waals surface area contributed by atoms with Gasteiger partial charge in [-0.2, -0.15) is 0 Å². The first-order valence-electron chi connectivity index (χ1n) is 17.0. The zero-order valence-corrected chi connectivity index (χ0v) is 29.2. The number of aliphatic hydroxyl groups is 1. The van der Waals surface area contributed by atoms with E-state index in [1.54, 1.807) is 43.5 Å². The first-order chi connectivity index (χ1) is 23.7. The number of alkyl carbamates (subject to hydrolysis) is 1. The SMILES string of the molecule is CCC(CC)Cc1cc(OC)ccc1NS(=O)(=O)C[C@H](O)[C@H](Cc1ccc(OCc2ccccc2)cc1)OC(=O)NC1COC2OCCC12. The summed E-state index contributed by atoms with van der Waals surface area (Å²) in [6.45, 7) is 5.45. The van der Waals surface area contributed by atoms with Gasteiger partial charge in [-0.1, -0.05) is 69.2 Å². The van der Waals surface area contributed by atoms with Crippen LogP contribution >= 0.6 is 0 Å². The maximum atomic E-state index is 13.5.